The Morgan fingerprint density at radius 2 is 2.17 bits per heavy atom. The zero-order valence-electron chi connectivity index (χ0n) is 11.7. The van der Waals surface area contributed by atoms with E-state index in [0.717, 1.165) is 4.68 Å². The zero-order valence-corrected chi connectivity index (χ0v) is 12.5. The summed E-state index contributed by atoms with van der Waals surface area (Å²) in [7, 11) is 0. The number of benzene rings is 1. The van der Waals surface area contributed by atoms with Crippen LogP contribution in [0.2, 0.25) is 5.02 Å². The van der Waals surface area contributed by atoms with Gasteiger partial charge >= 0.3 is 5.69 Å². The SMILES string of the molecule is N#Cc1ccc(NC(=O)Cn2nc3ccccn3c2=O)cc1Cl. The number of halogens is 1. The average molecular weight is 328 g/mol. The second-order valence-corrected chi connectivity index (χ2v) is 5.13. The topological polar surface area (TPSA) is 92.2 Å². The van der Waals surface area contributed by atoms with Gasteiger partial charge in [-0.15, -0.1) is 5.10 Å². The van der Waals surface area contributed by atoms with Gasteiger partial charge in [0.05, 0.1) is 10.6 Å². The van der Waals surface area contributed by atoms with Gasteiger partial charge in [0.25, 0.3) is 0 Å². The van der Waals surface area contributed by atoms with Crippen molar-refractivity contribution in [1.82, 2.24) is 14.2 Å². The van der Waals surface area contributed by atoms with Crippen LogP contribution in [-0.2, 0) is 11.3 Å². The summed E-state index contributed by atoms with van der Waals surface area (Å²) in [5, 5.41) is 15.7. The third kappa shape index (κ3) is 2.93. The van der Waals surface area contributed by atoms with Gasteiger partial charge in [-0.25, -0.2) is 9.48 Å². The molecule has 0 saturated carbocycles. The van der Waals surface area contributed by atoms with Crippen LogP contribution in [0.5, 0.6) is 0 Å². The minimum absolute atomic E-state index is 0.224. The quantitative estimate of drug-likeness (QED) is 0.791. The number of nitrogens with zero attached hydrogens (tertiary/aromatic N) is 4. The van der Waals surface area contributed by atoms with Gasteiger partial charge in [0.1, 0.15) is 12.6 Å². The summed E-state index contributed by atoms with van der Waals surface area (Å²) in [4.78, 5) is 24.1. The molecule has 2 heterocycles. The monoisotopic (exact) mass is 327 g/mol. The first kappa shape index (κ1) is 14.8. The lowest BCUT2D eigenvalue weighted by Crippen LogP contribution is -2.28. The van der Waals surface area contributed by atoms with E-state index in [1.807, 2.05) is 6.07 Å². The Morgan fingerprint density at radius 1 is 1.35 bits per heavy atom. The molecule has 0 unspecified atom stereocenters. The number of carbonyl (C=O) groups excluding carboxylic acids is 1. The number of nitriles is 1. The maximum absolute atomic E-state index is 12.1. The lowest BCUT2D eigenvalue weighted by atomic mass is 10.2. The fourth-order valence-electron chi connectivity index (χ4n) is 2.09. The highest BCUT2D eigenvalue weighted by molar-refractivity contribution is 6.32. The van der Waals surface area contributed by atoms with Crippen molar-refractivity contribution in [3.05, 3.63) is 63.7 Å². The summed E-state index contributed by atoms with van der Waals surface area (Å²) in [5.41, 5.74) is 0.831. The zero-order chi connectivity index (χ0) is 16.4. The smallest absolute Gasteiger partial charge is 0.324 e. The number of anilines is 1. The highest BCUT2D eigenvalue weighted by atomic mass is 35.5. The number of rotatable bonds is 3. The summed E-state index contributed by atoms with van der Waals surface area (Å²) >= 11 is 5.91. The molecule has 1 amide bonds. The summed E-state index contributed by atoms with van der Waals surface area (Å²) in [6.07, 6.45) is 1.58. The van der Waals surface area contributed by atoms with Gasteiger partial charge in [0, 0.05) is 11.9 Å². The molecule has 0 spiro atoms. The number of amides is 1. The molecule has 0 fully saturated rings. The van der Waals surface area contributed by atoms with Crippen LogP contribution in [0.3, 0.4) is 0 Å². The first-order valence-electron chi connectivity index (χ1n) is 6.62. The fourth-order valence-corrected chi connectivity index (χ4v) is 2.31. The number of hydrogen-bond acceptors (Lipinski definition) is 4. The third-order valence-corrected chi connectivity index (χ3v) is 3.47. The van der Waals surface area contributed by atoms with Crippen molar-refractivity contribution in [2.45, 2.75) is 6.54 Å². The van der Waals surface area contributed by atoms with E-state index in [1.165, 1.54) is 16.5 Å². The Labute approximate surface area is 135 Å². The van der Waals surface area contributed by atoms with Gasteiger partial charge in [-0.05, 0) is 30.3 Å². The Morgan fingerprint density at radius 3 is 2.87 bits per heavy atom. The van der Waals surface area contributed by atoms with Crippen molar-refractivity contribution in [1.29, 1.82) is 5.26 Å². The Kier molecular flexibility index (Phi) is 3.83. The molecule has 1 aromatic carbocycles. The number of carbonyl (C=O) groups is 1. The van der Waals surface area contributed by atoms with Gasteiger partial charge < -0.3 is 5.32 Å². The van der Waals surface area contributed by atoms with Crippen LogP contribution in [0, 0.1) is 11.3 Å². The van der Waals surface area contributed by atoms with Gasteiger partial charge in [-0.1, -0.05) is 17.7 Å². The van der Waals surface area contributed by atoms with E-state index < -0.39 is 11.6 Å². The number of aromatic nitrogens is 3. The van der Waals surface area contributed by atoms with Crippen molar-refractivity contribution in [3.63, 3.8) is 0 Å². The van der Waals surface area contributed by atoms with E-state index in [2.05, 4.69) is 10.4 Å². The lowest BCUT2D eigenvalue weighted by molar-refractivity contribution is -0.117. The van der Waals surface area contributed by atoms with E-state index >= 15 is 0 Å². The second-order valence-electron chi connectivity index (χ2n) is 4.72. The second kappa shape index (κ2) is 5.94. The summed E-state index contributed by atoms with van der Waals surface area (Å²) < 4.78 is 2.43. The van der Waals surface area contributed by atoms with E-state index in [4.69, 9.17) is 16.9 Å². The first-order chi connectivity index (χ1) is 11.1. The van der Waals surface area contributed by atoms with Gasteiger partial charge in [-0.3, -0.25) is 9.20 Å². The van der Waals surface area contributed by atoms with Crippen molar-refractivity contribution >= 4 is 28.8 Å². The molecule has 0 aliphatic heterocycles. The molecule has 3 aromatic rings. The van der Waals surface area contributed by atoms with Crippen molar-refractivity contribution in [2.75, 3.05) is 5.32 Å². The van der Waals surface area contributed by atoms with Crippen LogP contribution in [-0.4, -0.2) is 20.1 Å². The molecule has 0 radical (unpaired) electrons. The maximum Gasteiger partial charge on any atom is 0.350 e. The van der Waals surface area contributed by atoms with Gasteiger partial charge in [0.15, 0.2) is 5.65 Å². The number of fused-ring (bicyclic) bond motifs is 1. The minimum Gasteiger partial charge on any atom is -0.324 e. The minimum atomic E-state index is -0.420. The Bertz CT molecular complexity index is 999. The van der Waals surface area contributed by atoms with Gasteiger partial charge in [-0.2, -0.15) is 5.26 Å². The Balaban J connectivity index is 1.79. The largest absolute Gasteiger partial charge is 0.350 e. The fraction of sp³-hybridized carbons (Fsp3) is 0.0667. The van der Waals surface area contributed by atoms with E-state index in [1.54, 1.807) is 30.5 Å². The molecule has 1 N–H and O–H groups in total. The third-order valence-electron chi connectivity index (χ3n) is 3.16. The normalized spacial score (nSPS) is 10.4. The maximum atomic E-state index is 12.1. The molecule has 7 nitrogen and oxygen atoms in total. The van der Waals surface area contributed by atoms with Crippen LogP contribution in [0.4, 0.5) is 5.69 Å². The van der Waals surface area contributed by atoms with E-state index in [9.17, 15) is 9.59 Å². The number of hydrogen-bond donors (Lipinski definition) is 1. The van der Waals surface area contributed by atoms with Gasteiger partial charge in [0.2, 0.25) is 5.91 Å². The molecule has 23 heavy (non-hydrogen) atoms. The molecule has 8 heteroatoms. The molecule has 0 aliphatic rings. The van der Waals surface area contributed by atoms with Crippen LogP contribution in [0.1, 0.15) is 5.56 Å². The number of nitrogens with one attached hydrogen (secondary N) is 1. The van der Waals surface area contributed by atoms with Crippen LogP contribution in [0.25, 0.3) is 5.65 Å². The van der Waals surface area contributed by atoms with Crippen LogP contribution < -0.4 is 11.0 Å². The molecule has 3 rings (SSSR count). The average Bonchev–Trinajstić information content (AvgIpc) is 2.84. The van der Waals surface area contributed by atoms with Crippen molar-refractivity contribution in [3.8, 4) is 6.07 Å². The Hall–Kier alpha value is -3.11. The highest BCUT2D eigenvalue weighted by Crippen LogP contribution is 2.20. The molecule has 0 bridgehead atoms. The molecule has 2 aromatic heterocycles. The van der Waals surface area contributed by atoms with E-state index in [-0.39, 0.29) is 11.6 Å². The van der Waals surface area contributed by atoms with Crippen molar-refractivity contribution in [2.24, 2.45) is 0 Å². The predicted octanol–water partition coefficient (Wildman–Crippen LogP) is 1.66. The predicted molar refractivity (Wildman–Crippen MR) is 84.2 cm³/mol. The molecular weight excluding hydrogens is 318 g/mol. The highest BCUT2D eigenvalue weighted by Gasteiger charge is 2.11. The summed E-state index contributed by atoms with van der Waals surface area (Å²) in [5.74, 6) is -0.420. The molecule has 114 valence electrons. The summed E-state index contributed by atoms with van der Waals surface area (Å²) in [6, 6.07) is 11.6. The van der Waals surface area contributed by atoms with E-state index in [0.29, 0.717) is 16.9 Å². The van der Waals surface area contributed by atoms with Crippen LogP contribution in [0.15, 0.2) is 47.4 Å². The standard InChI is InChI=1S/C15H10ClN5O2/c16-12-7-11(5-4-10(12)8-17)18-14(22)9-21-15(23)20-6-2-1-3-13(20)19-21/h1-7H,9H2,(H,18,22). The first-order valence-corrected chi connectivity index (χ1v) is 7.00. The van der Waals surface area contributed by atoms with Crippen molar-refractivity contribution < 1.29 is 4.79 Å². The molecular formula is C15H10ClN5O2. The van der Waals surface area contributed by atoms with Crippen LogP contribution >= 0.6 is 11.6 Å². The summed E-state index contributed by atoms with van der Waals surface area (Å²) in [6.45, 7) is -0.224. The number of pyridine rings is 1. The molecule has 0 saturated heterocycles. The molecule has 0 aliphatic carbocycles. The lowest BCUT2D eigenvalue weighted by Gasteiger charge is -2.05. The molecule has 0 atom stereocenters.